The maximum atomic E-state index is 11.9. The Bertz CT molecular complexity index is 872. The van der Waals surface area contributed by atoms with E-state index in [1.165, 1.54) is 11.6 Å². The molecule has 0 atom stereocenters. The first-order valence-corrected chi connectivity index (χ1v) is 10.5. The first kappa shape index (κ1) is 24.1. The molecule has 162 valence electrons. The maximum Gasteiger partial charge on any atom is 0.243 e. The highest BCUT2D eigenvalue weighted by molar-refractivity contribution is 6.42. The van der Waals surface area contributed by atoms with E-state index < -0.39 is 0 Å². The molecule has 0 aromatic heterocycles. The number of ether oxygens (including phenoxy) is 2. The Labute approximate surface area is 188 Å². The Balaban J connectivity index is 1.66. The normalized spacial score (nSPS) is 11.1. The van der Waals surface area contributed by atoms with E-state index in [9.17, 15) is 4.79 Å². The molecule has 30 heavy (non-hydrogen) atoms. The Morgan fingerprint density at radius 2 is 1.80 bits per heavy atom. The molecule has 0 heterocycles. The molecule has 0 aliphatic heterocycles. The predicted octanol–water partition coefficient (Wildman–Crippen LogP) is 4.70. The zero-order valence-corrected chi connectivity index (χ0v) is 19.1. The number of hydrogen-bond acceptors (Lipinski definition) is 4. The fourth-order valence-electron chi connectivity index (χ4n) is 2.88. The minimum atomic E-state index is -0.131. The number of benzene rings is 2. The number of nitrogens with zero attached hydrogens (tertiary/aromatic N) is 1. The zero-order valence-electron chi connectivity index (χ0n) is 17.6. The highest BCUT2D eigenvalue weighted by Gasteiger charge is 2.06. The van der Waals surface area contributed by atoms with Gasteiger partial charge in [-0.1, -0.05) is 35.3 Å². The standard InChI is InChI=1S/C23H28Cl2N2O3/c1-27(14-11-18-6-9-21(29-2)22(16-18)30-3)13-4-12-26-23(28)10-7-17-5-8-19(24)20(25)15-17/h5-10,15-16H,4,11-14H2,1-3H3,(H,26,28)/b10-7+. The molecular formula is C23H28Cl2N2O3. The molecule has 0 radical (unpaired) electrons. The second kappa shape index (κ2) is 12.5. The van der Waals surface area contributed by atoms with Gasteiger partial charge in [0.2, 0.25) is 5.91 Å². The van der Waals surface area contributed by atoms with Gasteiger partial charge in [0.05, 0.1) is 24.3 Å². The van der Waals surface area contributed by atoms with Gasteiger partial charge in [-0.05, 0) is 67.9 Å². The van der Waals surface area contributed by atoms with E-state index in [0.29, 0.717) is 16.6 Å². The van der Waals surface area contributed by atoms with E-state index >= 15 is 0 Å². The number of hydrogen-bond donors (Lipinski definition) is 1. The summed E-state index contributed by atoms with van der Waals surface area (Å²) in [6.07, 6.45) is 5.00. The summed E-state index contributed by atoms with van der Waals surface area (Å²) in [5.74, 6) is 1.35. The summed E-state index contributed by atoms with van der Waals surface area (Å²) in [6.45, 7) is 2.43. The van der Waals surface area contributed by atoms with Crippen LogP contribution in [0.1, 0.15) is 17.5 Å². The SMILES string of the molecule is COc1ccc(CCN(C)CCCNC(=O)/C=C/c2ccc(Cl)c(Cl)c2)cc1OC. The van der Waals surface area contributed by atoms with Gasteiger partial charge in [-0.2, -0.15) is 0 Å². The van der Waals surface area contributed by atoms with E-state index in [4.69, 9.17) is 32.7 Å². The van der Waals surface area contributed by atoms with Gasteiger partial charge in [-0.25, -0.2) is 0 Å². The molecule has 5 nitrogen and oxygen atoms in total. The summed E-state index contributed by atoms with van der Waals surface area (Å²) in [6, 6.07) is 11.2. The van der Waals surface area contributed by atoms with Gasteiger partial charge in [0.1, 0.15) is 0 Å². The van der Waals surface area contributed by atoms with Gasteiger partial charge in [0.25, 0.3) is 0 Å². The lowest BCUT2D eigenvalue weighted by atomic mass is 10.1. The Morgan fingerprint density at radius 3 is 2.50 bits per heavy atom. The molecule has 2 aromatic carbocycles. The topological polar surface area (TPSA) is 50.8 Å². The fourth-order valence-corrected chi connectivity index (χ4v) is 3.18. The average Bonchev–Trinajstić information content (AvgIpc) is 2.75. The number of amides is 1. The van der Waals surface area contributed by atoms with Crippen LogP contribution in [0.2, 0.25) is 10.0 Å². The summed E-state index contributed by atoms with van der Waals surface area (Å²) < 4.78 is 10.6. The summed E-state index contributed by atoms with van der Waals surface area (Å²) in [4.78, 5) is 14.2. The summed E-state index contributed by atoms with van der Waals surface area (Å²) in [5, 5.41) is 3.86. The number of rotatable bonds is 11. The van der Waals surface area contributed by atoms with Crippen LogP contribution in [0.15, 0.2) is 42.5 Å². The van der Waals surface area contributed by atoms with Crippen LogP contribution in [0.25, 0.3) is 6.08 Å². The highest BCUT2D eigenvalue weighted by Crippen LogP contribution is 2.27. The number of nitrogens with one attached hydrogen (secondary N) is 1. The summed E-state index contributed by atoms with van der Waals surface area (Å²) in [7, 11) is 5.35. The summed E-state index contributed by atoms with van der Waals surface area (Å²) >= 11 is 11.9. The molecule has 0 saturated carbocycles. The van der Waals surface area contributed by atoms with Crippen molar-refractivity contribution in [3.63, 3.8) is 0 Å². The van der Waals surface area contributed by atoms with Crippen LogP contribution in [0.5, 0.6) is 11.5 Å². The Kier molecular flexibility index (Phi) is 10.0. The van der Waals surface area contributed by atoms with E-state index in [-0.39, 0.29) is 5.91 Å². The van der Waals surface area contributed by atoms with Crippen molar-refractivity contribution in [3.05, 3.63) is 63.6 Å². The van der Waals surface area contributed by atoms with Crippen molar-refractivity contribution in [2.45, 2.75) is 12.8 Å². The van der Waals surface area contributed by atoms with Crippen molar-refractivity contribution < 1.29 is 14.3 Å². The lowest BCUT2D eigenvalue weighted by molar-refractivity contribution is -0.116. The van der Waals surface area contributed by atoms with E-state index in [0.717, 1.165) is 43.0 Å². The number of carbonyl (C=O) groups excluding carboxylic acids is 1. The highest BCUT2D eigenvalue weighted by atomic mass is 35.5. The third-order valence-electron chi connectivity index (χ3n) is 4.62. The molecule has 0 aliphatic carbocycles. The third-order valence-corrected chi connectivity index (χ3v) is 5.36. The minimum Gasteiger partial charge on any atom is -0.493 e. The minimum absolute atomic E-state index is 0.131. The monoisotopic (exact) mass is 450 g/mol. The first-order valence-electron chi connectivity index (χ1n) is 9.73. The van der Waals surface area contributed by atoms with E-state index in [1.807, 2.05) is 18.2 Å². The van der Waals surface area contributed by atoms with Crippen molar-refractivity contribution in [1.29, 1.82) is 0 Å². The average molecular weight is 451 g/mol. The Morgan fingerprint density at radius 1 is 1.03 bits per heavy atom. The lowest BCUT2D eigenvalue weighted by Gasteiger charge is -2.17. The van der Waals surface area contributed by atoms with Gasteiger partial charge in [0.15, 0.2) is 11.5 Å². The van der Waals surface area contributed by atoms with Gasteiger partial charge in [0, 0.05) is 19.2 Å². The van der Waals surface area contributed by atoms with Crippen LogP contribution in [-0.2, 0) is 11.2 Å². The second-order valence-electron chi connectivity index (χ2n) is 6.89. The smallest absolute Gasteiger partial charge is 0.243 e. The largest absolute Gasteiger partial charge is 0.493 e. The predicted molar refractivity (Wildman–Crippen MR) is 124 cm³/mol. The molecule has 2 rings (SSSR count). The fraction of sp³-hybridized carbons (Fsp3) is 0.348. The molecule has 0 unspecified atom stereocenters. The third kappa shape index (κ3) is 7.90. The van der Waals surface area contributed by atoms with Crippen LogP contribution in [0, 0.1) is 0 Å². The maximum absolute atomic E-state index is 11.9. The van der Waals surface area contributed by atoms with Crippen molar-refractivity contribution in [1.82, 2.24) is 10.2 Å². The van der Waals surface area contributed by atoms with Crippen LogP contribution < -0.4 is 14.8 Å². The summed E-state index contributed by atoms with van der Waals surface area (Å²) in [5.41, 5.74) is 2.02. The van der Waals surface area contributed by atoms with Crippen LogP contribution >= 0.6 is 23.2 Å². The van der Waals surface area contributed by atoms with Crippen LogP contribution in [0.3, 0.4) is 0 Å². The molecule has 0 aliphatic rings. The molecule has 0 bridgehead atoms. The van der Waals surface area contributed by atoms with Crippen molar-refractivity contribution in [2.24, 2.45) is 0 Å². The number of halogens is 2. The van der Waals surface area contributed by atoms with Crippen molar-refractivity contribution in [2.75, 3.05) is 40.9 Å². The molecule has 1 N–H and O–H groups in total. The lowest BCUT2D eigenvalue weighted by Crippen LogP contribution is -2.28. The van der Waals surface area contributed by atoms with E-state index in [2.05, 4.69) is 23.3 Å². The molecule has 0 spiro atoms. The number of methoxy groups -OCH3 is 2. The molecule has 1 amide bonds. The van der Waals surface area contributed by atoms with Crippen molar-refractivity contribution in [3.8, 4) is 11.5 Å². The van der Waals surface area contributed by atoms with Crippen molar-refractivity contribution >= 4 is 35.2 Å². The van der Waals surface area contributed by atoms with Gasteiger partial charge in [-0.15, -0.1) is 0 Å². The first-order chi connectivity index (χ1) is 14.4. The van der Waals surface area contributed by atoms with E-state index in [1.54, 1.807) is 32.4 Å². The molecular weight excluding hydrogens is 423 g/mol. The molecule has 0 saturated heterocycles. The number of carbonyl (C=O) groups is 1. The molecule has 2 aromatic rings. The zero-order chi connectivity index (χ0) is 21.9. The molecule has 0 fully saturated rings. The number of likely N-dealkylation sites (N-methyl/N-ethyl adjacent to an activating group) is 1. The van der Waals surface area contributed by atoms with Crippen LogP contribution in [-0.4, -0.2) is 51.7 Å². The van der Waals surface area contributed by atoms with Crippen LogP contribution in [0.4, 0.5) is 0 Å². The Hall–Kier alpha value is -2.21. The second-order valence-corrected chi connectivity index (χ2v) is 7.71. The van der Waals surface area contributed by atoms with Gasteiger partial charge in [-0.3, -0.25) is 4.79 Å². The van der Waals surface area contributed by atoms with Gasteiger partial charge < -0.3 is 19.7 Å². The van der Waals surface area contributed by atoms with Gasteiger partial charge >= 0.3 is 0 Å². The molecule has 7 heteroatoms. The quantitative estimate of drug-likeness (QED) is 0.397.